The predicted octanol–water partition coefficient (Wildman–Crippen LogP) is 3.50. The molecule has 26 heavy (non-hydrogen) atoms. The van der Waals surface area contributed by atoms with E-state index in [4.69, 9.17) is 9.47 Å². The lowest BCUT2D eigenvalue weighted by Crippen LogP contribution is -2.28. The molecule has 1 aliphatic rings. The fourth-order valence-electron chi connectivity index (χ4n) is 2.94. The number of nitro groups is 1. The predicted molar refractivity (Wildman–Crippen MR) is 96.4 cm³/mol. The molecular formula is C19H20N2O5. The summed E-state index contributed by atoms with van der Waals surface area (Å²) in [6.07, 6.45) is -0.00597. The molecule has 1 aliphatic heterocycles. The van der Waals surface area contributed by atoms with Gasteiger partial charge in [0.2, 0.25) is 0 Å². The van der Waals surface area contributed by atoms with E-state index in [9.17, 15) is 14.9 Å². The minimum Gasteiger partial charge on any atom is -0.497 e. The Morgan fingerprint density at radius 2 is 1.88 bits per heavy atom. The molecule has 3 rings (SSSR count). The van der Waals surface area contributed by atoms with Crippen LogP contribution >= 0.6 is 0 Å². The average molecular weight is 356 g/mol. The summed E-state index contributed by atoms with van der Waals surface area (Å²) in [6.45, 7) is 1.55. The lowest BCUT2D eigenvalue weighted by molar-refractivity contribution is -0.384. The van der Waals surface area contributed by atoms with Gasteiger partial charge in [-0.25, -0.2) is 0 Å². The SMILES string of the molecule is COc1ccc(N[C@@H](CC(C)=O)[C@H]2O[C@@H]2c2ccc([N+](=O)[O-])cc2)cc1. The summed E-state index contributed by atoms with van der Waals surface area (Å²) in [5, 5.41) is 14.1. The molecule has 2 aromatic carbocycles. The summed E-state index contributed by atoms with van der Waals surface area (Å²) in [7, 11) is 1.60. The molecule has 0 aromatic heterocycles. The molecule has 1 heterocycles. The van der Waals surface area contributed by atoms with Crippen molar-refractivity contribution in [1.82, 2.24) is 0 Å². The summed E-state index contributed by atoms with van der Waals surface area (Å²) < 4.78 is 10.9. The zero-order valence-corrected chi connectivity index (χ0v) is 14.5. The number of ether oxygens (including phenoxy) is 2. The number of ketones is 1. The molecule has 0 spiro atoms. The molecule has 0 bridgehead atoms. The first-order valence-electron chi connectivity index (χ1n) is 8.28. The number of benzene rings is 2. The van der Waals surface area contributed by atoms with E-state index in [1.165, 1.54) is 12.1 Å². The van der Waals surface area contributed by atoms with Crippen LogP contribution in [0, 0.1) is 10.1 Å². The zero-order valence-electron chi connectivity index (χ0n) is 14.5. The molecule has 7 heteroatoms. The molecule has 1 fully saturated rings. The standard InChI is InChI=1S/C19H20N2O5/c1-12(22)11-17(20-14-5-9-16(25-2)10-6-14)19-18(26-19)13-3-7-15(8-4-13)21(23)24/h3-10,17-20H,11H2,1-2H3/t17-,18+,19+/m0/s1. The van der Waals surface area contributed by atoms with Gasteiger partial charge in [-0.05, 0) is 48.9 Å². The lowest BCUT2D eigenvalue weighted by Gasteiger charge is -2.17. The Kier molecular flexibility index (Phi) is 5.18. The highest BCUT2D eigenvalue weighted by Gasteiger charge is 2.46. The molecule has 0 radical (unpaired) electrons. The Hall–Kier alpha value is -2.93. The third kappa shape index (κ3) is 4.18. The number of hydrogen-bond donors (Lipinski definition) is 1. The highest BCUT2D eigenvalue weighted by atomic mass is 16.6. The molecule has 0 saturated carbocycles. The van der Waals surface area contributed by atoms with E-state index in [1.807, 2.05) is 24.3 Å². The number of nitrogens with one attached hydrogen (secondary N) is 1. The van der Waals surface area contributed by atoms with Crippen molar-refractivity contribution in [3.8, 4) is 5.75 Å². The van der Waals surface area contributed by atoms with E-state index in [0.717, 1.165) is 17.0 Å². The highest BCUT2D eigenvalue weighted by Crippen LogP contribution is 2.43. The fourth-order valence-corrected chi connectivity index (χ4v) is 2.94. The average Bonchev–Trinajstić information content (AvgIpc) is 3.42. The number of epoxide rings is 1. The second-order valence-electron chi connectivity index (χ2n) is 6.26. The number of non-ortho nitro benzene ring substituents is 1. The van der Waals surface area contributed by atoms with Crippen LogP contribution in [0.2, 0.25) is 0 Å². The van der Waals surface area contributed by atoms with E-state index >= 15 is 0 Å². The van der Waals surface area contributed by atoms with Gasteiger partial charge in [-0.2, -0.15) is 0 Å². The Bertz CT molecular complexity index is 789. The second-order valence-corrected chi connectivity index (χ2v) is 6.26. The topological polar surface area (TPSA) is 94.0 Å². The van der Waals surface area contributed by atoms with Gasteiger partial charge in [0.1, 0.15) is 23.7 Å². The number of rotatable bonds is 8. The van der Waals surface area contributed by atoms with Crippen LogP contribution in [0.25, 0.3) is 0 Å². The number of nitro benzene ring substituents is 1. The Labute approximate surface area is 151 Å². The van der Waals surface area contributed by atoms with Gasteiger partial charge in [-0.15, -0.1) is 0 Å². The van der Waals surface area contributed by atoms with Crippen molar-refractivity contribution in [1.29, 1.82) is 0 Å². The van der Waals surface area contributed by atoms with Crippen LogP contribution in [0.1, 0.15) is 25.0 Å². The maximum atomic E-state index is 11.6. The molecule has 0 amide bonds. The van der Waals surface area contributed by atoms with Crippen molar-refractivity contribution in [2.24, 2.45) is 0 Å². The summed E-state index contributed by atoms with van der Waals surface area (Å²) in [4.78, 5) is 22.0. The molecule has 0 unspecified atom stereocenters. The highest BCUT2D eigenvalue weighted by molar-refractivity contribution is 5.77. The Balaban J connectivity index is 1.70. The van der Waals surface area contributed by atoms with Gasteiger partial charge >= 0.3 is 0 Å². The minimum atomic E-state index is -0.432. The fraction of sp³-hybridized carbons (Fsp3) is 0.316. The van der Waals surface area contributed by atoms with Crippen LogP contribution in [-0.4, -0.2) is 30.0 Å². The smallest absolute Gasteiger partial charge is 0.269 e. The maximum Gasteiger partial charge on any atom is 0.269 e. The quantitative estimate of drug-likeness (QED) is 0.442. The zero-order chi connectivity index (χ0) is 18.7. The minimum absolute atomic E-state index is 0.0441. The molecule has 1 N–H and O–H groups in total. The van der Waals surface area contributed by atoms with Crippen LogP contribution < -0.4 is 10.1 Å². The first kappa shape index (κ1) is 17.9. The monoisotopic (exact) mass is 356 g/mol. The van der Waals surface area contributed by atoms with Gasteiger partial charge in [-0.1, -0.05) is 0 Å². The van der Waals surface area contributed by atoms with Crippen molar-refractivity contribution < 1.29 is 19.2 Å². The van der Waals surface area contributed by atoms with Crippen molar-refractivity contribution in [2.75, 3.05) is 12.4 Å². The largest absolute Gasteiger partial charge is 0.497 e. The Morgan fingerprint density at radius 1 is 1.23 bits per heavy atom. The van der Waals surface area contributed by atoms with Gasteiger partial charge in [0.15, 0.2) is 0 Å². The maximum absolute atomic E-state index is 11.6. The molecule has 1 saturated heterocycles. The normalized spacial score (nSPS) is 19.5. The van der Waals surface area contributed by atoms with Crippen LogP contribution in [0.5, 0.6) is 5.75 Å². The third-order valence-corrected chi connectivity index (χ3v) is 4.30. The molecule has 2 aromatic rings. The molecular weight excluding hydrogens is 336 g/mol. The number of hydrogen-bond acceptors (Lipinski definition) is 6. The summed E-state index contributed by atoms with van der Waals surface area (Å²) in [6, 6.07) is 13.6. The number of carbonyl (C=O) groups excluding carboxylic acids is 1. The second kappa shape index (κ2) is 7.53. The van der Waals surface area contributed by atoms with Crippen molar-refractivity contribution in [3.63, 3.8) is 0 Å². The lowest BCUT2D eigenvalue weighted by atomic mass is 10.0. The number of nitrogens with zero attached hydrogens (tertiary/aromatic N) is 1. The van der Waals surface area contributed by atoms with Crippen molar-refractivity contribution in [3.05, 3.63) is 64.2 Å². The Morgan fingerprint density at radius 3 is 2.42 bits per heavy atom. The molecule has 3 atom stereocenters. The summed E-state index contributed by atoms with van der Waals surface area (Å²) >= 11 is 0. The number of anilines is 1. The van der Waals surface area contributed by atoms with Gasteiger partial charge in [0.05, 0.1) is 18.1 Å². The van der Waals surface area contributed by atoms with Gasteiger partial charge < -0.3 is 14.8 Å². The molecule has 136 valence electrons. The van der Waals surface area contributed by atoms with Crippen LogP contribution in [0.3, 0.4) is 0 Å². The van der Waals surface area contributed by atoms with E-state index in [-0.39, 0.29) is 29.7 Å². The molecule has 0 aliphatic carbocycles. The van der Waals surface area contributed by atoms with Crippen LogP contribution in [0.4, 0.5) is 11.4 Å². The van der Waals surface area contributed by atoms with Gasteiger partial charge in [0.25, 0.3) is 5.69 Å². The molecule has 7 nitrogen and oxygen atoms in total. The number of carbonyl (C=O) groups is 1. The van der Waals surface area contributed by atoms with Crippen molar-refractivity contribution in [2.45, 2.75) is 31.6 Å². The number of Topliss-reactive ketones (excluding diaryl/α,β-unsaturated/α-hetero) is 1. The van der Waals surface area contributed by atoms with Crippen LogP contribution in [-0.2, 0) is 9.53 Å². The number of methoxy groups -OCH3 is 1. The van der Waals surface area contributed by atoms with E-state index in [0.29, 0.717) is 6.42 Å². The van der Waals surface area contributed by atoms with E-state index in [2.05, 4.69) is 5.32 Å². The van der Waals surface area contributed by atoms with Crippen molar-refractivity contribution >= 4 is 17.2 Å². The summed E-state index contributed by atoms with van der Waals surface area (Å²) in [5.41, 5.74) is 1.78. The summed E-state index contributed by atoms with van der Waals surface area (Å²) in [5.74, 6) is 0.819. The first-order chi connectivity index (χ1) is 12.5. The van der Waals surface area contributed by atoms with Gasteiger partial charge in [-0.3, -0.25) is 14.9 Å². The first-order valence-corrected chi connectivity index (χ1v) is 8.28. The van der Waals surface area contributed by atoms with Crippen LogP contribution in [0.15, 0.2) is 48.5 Å². The third-order valence-electron chi connectivity index (χ3n) is 4.30. The van der Waals surface area contributed by atoms with Gasteiger partial charge in [0, 0.05) is 24.2 Å². The van der Waals surface area contributed by atoms with E-state index < -0.39 is 4.92 Å². The van der Waals surface area contributed by atoms with E-state index in [1.54, 1.807) is 26.2 Å².